The summed E-state index contributed by atoms with van der Waals surface area (Å²) in [6.07, 6.45) is 1.75. The molecule has 0 saturated carbocycles. The van der Waals surface area contributed by atoms with E-state index >= 15 is 0 Å². The summed E-state index contributed by atoms with van der Waals surface area (Å²) >= 11 is 0. The number of methoxy groups -OCH3 is 1. The van der Waals surface area contributed by atoms with E-state index in [2.05, 4.69) is 15.6 Å². The fraction of sp³-hybridized carbons (Fsp3) is 0.235. The normalized spacial score (nSPS) is 11.4. The van der Waals surface area contributed by atoms with E-state index in [1.807, 2.05) is 0 Å². The molecule has 8 heteroatoms. The minimum atomic E-state index is -0.606. The van der Waals surface area contributed by atoms with Crippen molar-refractivity contribution in [1.29, 1.82) is 0 Å². The Hall–Kier alpha value is -3.16. The highest BCUT2D eigenvalue weighted by Gasteiger charge is 2.17. The molecule has 1 aromatic heterocycles. The van der Waals surface area contributed by atoms with Crippen LogP contribution in [-0.2, 0) is 11.2 Å². The maximum atomic E-state index is 12.9. The number of hydrogen-bond donors (Lipinski definition) is 3. The number of nitrogens with one attached hydrogen (secondary N) is 2. The molecule has 0 aliphatic rings. The number of benzene rings is 1. The summed E-state index contributed by atoms with van der Waals surface area (Å²) in [5.74, 6) is -1.08. The summed E-state index contributed by atoms with van der Waals surface area (Å²) in [6.45, 7) is 0.0577. The number of nitrogens with two attached hydrogens (primary N) is 1. The molecule has 0 saturated heterocycles. The van der Waals surface area contributed by atoms with Crippen molar-refractivity contribution >= 4 is 17.6 Å². The molecule has 0 bridgehead atoms. The fourth-order valence-electron chi connectivity index (χ4n) is 2.14. The number of ether oxygens (including phenoxy) is 1. The lowest BCUT2D eigenvalue weighted by atomic mass is 9.98. The number of primary amides is 1. The first-order valence-electron chi connectivity index (χ1n) is 7.56. The van der Waals surface area contributed by atoms with Crippen molar-refractivity contribution < 1.29 is 18.7 Å². The molecule has 0 spiro atoms. The summed E-state index contributed by atoms with van der Waals surface area (Å²) in [5, 5.41) is 5.18. The van der Waals surface area contributed by atoms with Gasteiger partial charge < -0.3 is 21.1 Å². The summed E-state index contributed by atoms with van der Waals surface area (Å²) in [6, 6.07) is 8.53. The lowest BCUT2D eigenvalue weighted by Gasteiger charge is -2.15. The Morgan fingerprint density at radius 1 is 1.24 bits per heavy atom. The number of amides is 3. The monoisotopic (exact) mass is 346 g/mol. The van der Waals surface area contributed by atoms with E-state index in [1.165, 1.54) is 25.4 Å². The molecular weight excluding hydrogens is 327 g/mol. The Labute approximate surface area is 144 Å². The molecule has 1 heterocycles. The van der Waals surface area contributed by atoms with Crippen molar-refractivity contribution in [3.63, 3.8) is 0 Å². The van der Waals surface area contributed by atoms with Crippen molar-refractivity contribution in [3.8, 4) is 5.88 Å². The molecular formula is C17H19FN4O3. The second-order valence-corrected chi connectivity index (χ2v) is 5.35. The van der Waals surface area contributed by atoms with Gasteiger partial charge in [-0.25, -0.2) is 14.2 Å². The SMILES string of the molecule is COc1ccc(NC(=O)NC[C@@H](Cc2ccc(F)cc2)C(N)=O)cn1. The molecule has 2 aromatic rings. The predicted molar refractivity (Wildman–Crippen MR) is 90.6 cm³/mol. The standard InChI is InChI=1S/C17H19FN4O3/c1-25-15-7-6-14(10-20-15)22-17(24)21-9-12(16(19)23)8-11-2-4-13(18)5-3-11/h2-7,10,12H,8-9H2,1H3,(H2,19,23)(H2,21,22,24)/t12-/m1/s1. The van der Waals surface area contributed by atoms with Crippen LogP contribution in [0.15, 0.2) is 42.6 Å². The Balaban J connectivity index is 1.87. The van der Waals surface area contributed by atoms with Gasteiger partial charge in [0, 0.05) is 12.6 Å². The van der Waals surface area contributed by atoms with Gasteiger partial charge in [-0.15, -0.1) is 0 Å². The van der Waals surface area contributed by atoms with Crippen LogP contribution >= 0.6 is 0 Å². The Bertz CT molecular complexity index is 720. The van der Waals surface area contributed by atoms with Crippen LogP contribution in [0.1, 0.15) is 5.56 Å². The van der Waals surface area contributed by atoms with Crippen LogP contribution in [0.2, 0.25) is 0 Å². The molecule has 7 nitrogen and oxygen atoms in total. The number of halogens is 1. The molecule has 132 valence electrons. The second kappa shape index (κ2) is 8.62. The number of carbonyl (C=O) groups is 2. The van der Waals surface area contributed by atoms with Gasteiger partial charge in [0.25, 0.3) is 0 Å². The fourth-order valence-corrected chi connectivity index (χ4v) is 2.14. The van der Waals surface area contributed by atoms with E-state index in [-0.39, 0.29) is 12.4 Å². The van der Waals surface area contributed by atoms with Gasteiger partial charge in [-0.05, 0) is 30.2 Å². The highest BCUT2D eigenvalue weighted by atomic mass is 19.1. The average molecular weight is 346 g/mol. The van der Waals surface area contributed by atoms with Gasteiger partial charge in [0.2, 0.25) is 11.8 Å². The van der Waals surface area contributed by atoms with Gasteiger partial charge in [0.05, 0.1) is 24.9 Å². The van der Waals surface area contributed by atoms with Crippen LogP contribution in [0.4, 0.5) is 14.9 Å². The van der Waals surface area contributed by atoms with Crippen molar-refractivity contribution in [3.05, 3.63) is 54.0 Å². The number of hydrogen-bond acceptors (Lipinski definition) is 4. The van der Waals surface area contributed by atoms with Crippen LogP contribution in [-0.4, -0.2) is 30.6 Å². The van der Waals surface area contributed by atoms with Crippen molar-refractivity contribution in [1.82, 2.24) is 10.3 Å². The van der Waals surface area contributed by atoms with Gasteiger partial charge in [-0.1, -0.05) is 12.1 Å². The number of rotatable bonds is 7. The third kappa shape index (κ3) is 5.76. The molecule has 0 unspecified atom stereocenters. The van der Waals surface area contributed by atoms with Gasteiger partial charge >= 0.3 is 6.03 Å². The van der Waals surface area contributed by atoms with Gasteiger partial charge in [0.15, 0.2) is 0 Å². The average Bonchev–Trinajstić information content (AvgIpc) is 2.60. The maximum Gasteiger partial charge on any atom is 0.319 e. The van der Waals surface area contributed by atoms with Crippen molar-refractivity contribution in [2.45, 2.75) is 6.42 Å². The number of anilines is 1. The summed E-state index contributed by atoms with van der Waals surface area (Å²) in [7, 11) is 1.49. The molecule has 2 rings (SSSR count). The zero-order valence-corrected chi connectivity index (χ0v) is 13.7. The topological polar surface area (TPSA) is 106 Å². The molecule has 0 fully saturated rings. The summed E-state index contributed by atoms with van der Waals surface area (Å²) in [5.41, 5.74) is 6.61. The zero-order chi connectivity index (χ0) is 18.2. The Morgan fingerprint density at radius 2 is 1.96 bits per heavy atom. The predicted octanol–water partition coefficient (Wildman–Crippen LogP) is 1.69. The van der Waals surface area contributed by atoms with E-state index in [1.54, 1.807) is 24.3 Å². The lowest BCUT2D eigenvalue weighted by molar-refractivity contribution is -0.121. The second-order valence-electron chi connectivity index (χ2n) is 5.35. The van der Waals surface area contributed by atoms with E-state index in [0.29, 0.717) is 18.0 Å². The highest BCUT2D eigenvalue weighted by Crippen LogP contribution is 2.12. The number of nitrogens with zero attached hydrogens (tertiary/aromatic N) is 1. The molecule has 3 amide bonds. The molecule has 1 aromatic carbocycles. The zero-order valence-electron chi connectivity index (χ0n) is 13.7. The number of urea groups is 1. The molecule has 4 N–H and O–H groups in total. The van der Waals surface area contributed by atoms with Crippen LogP contribution < -0.4 is 21.1 Å². The van der Waals surface area contributed by atoms with Gasteiger partial charge in [-0.2, -0.15) is 0 Å². The maximum absolute atomic E-state index is 12.9. The van der Waals surface area contributed by atoms with Crippen molar-refractivity contribution in [2.75, 3.05) is 19.0 Å². The number of aromatic nitrogens is 1. The van der Waals surface area contributed by atoms with Crippen LogP contribution in [0.25, 0.3) is 0 Å². The number of carbonyl (C=O) groups excluding carboxylic acids is 2. The highest BCUT2D eigenvalue weighted by molar-refractivity contribution is 5.89. The van der Waals surface area contributed by atoms with Crippen molar-refractivity contribution in [2.24, 2.45) is 11.7 Å². The first-order valence-corrected chi connectivity index (χ1v) is 7.56. The lowest BCUT2D eigenvalue weighted by Crippen LogP contribution is -2.39. The molecule has 1 atom stereocenters. The minimum Gasteiger partial charge on any atom is -0.481 e. The third-order valence-electron chi connectivity index (χ3n) is 3.51. The van der Waals surface area contributed by atoms with Crippen LogP contribution in [0.3, 0.4) is 0 Å². The molecule has 0 aliphatic carbocycles. The number of pyridine rings is 1. The van der Waals surface area contributed by atoms with Crippen LogP contribution in [0, 0.1) is 11.7 Å². The van der Waals surface area contributed by atoms with E-state index in [0.717, 1.165) is 5.56 Å². The third-order valence-corrected chi connectivity index (χ3v) is 3.51. The molecule has 25 heavy (non-hydrogen) atoms. The Morgan fingerprint density at radius 3 is 2.52 bits per heavy atom. The van der Waals surface area contributed by atoms with Gasteiger partial charge in [-0.3, -0.25) is 4.79 Å². The summed E-state index contributed by atoms with van der Waals surface area (Å²) in [4.78, 5) is 27.4. The molecule has 0 radical (unpaired) electrons. The van der Waals surface area contributed by atoms with Gasteiger partial charge in [0.1, 0.15) is 5.82 Å². The molecule has 0 aliphatic heterocycles. The first kappa shape index (κ1) is 18.2. The largest absolute Gasteiger partial charge is 0.481 e. The minimum absolute atomic E-state index is 0.0577. The van der Waals surface area contributed by atoms with Crippen LogP contribution in [0.5, 0.6) is 5.88 Å². The first-order chi connectivity index (χ1) is 12.0. The quantitative estimate of drug-likeness (QED) is 0.709. The summed E-state index contributed by atoms with van der Waals surface area (Å²) < 4.78 is 17.9. The van der Waals surface area contributed by atoms with E-state index < -0.39 is 17.9 Å². The Kier molecular flexibility index (Phi) is 6.27. The van der Waals surface area contributed by atoms with E-state index in [4.69, 9.17) is 10.5 Å². The van der Waals surface area contributed by atoms with E-state index in [9.17, 15) is 14.0 Å². The smallest absolute Gasteiger partial charge is 0.319 e.